The highest BCUT2D eigenvalue weighted by Gasteiger charge is 2.29. The molecule has 136 valence electrons. The molecule has 0 bridgehead atoms. The summed E-state index contributed by atoms with van der Waals surface area (Å²) < 4.78 is 5.48. The third kappa shape index (κ3) is 2.97. The summed E-state index contributed by atoms with van der Waals surface area (Å²) >= 11 is 0. The Morgan fingerprint density at radius 1 is 0.926 bits per heavy atom. The van der Waals surface area contributed by atoms with E-state index >= 15 is 0 Å². The Morgan fingerprint density at radius 2 is 1.85 bits per heavy atom. The van der Waals surface area contributed by atoms with E-state index in [9.17, 15) is 0 Å². The summed E-state index contributed by atoms with van der Waals surface area (Å²) in [5.74, 6) is 1.69. The zero-order valence-electron chi connectivity index (χ0n) is 14.8. The number of aromatic nitrogens is 5. The molecule has 3 aromatic heterocycles. The number of ether oxygens (including phenoxy) is 1. The SMILES string of the molecule is c1cncc(N2CCc3c(-c4ccnnc4)nc(N4CCOCC4)nc32)c1. The number of rotatable bonds is 3. The van der Waals surface area contributed by atoms with Crippen molar-refractivity contribution in [2.75, 3.05) is 42.6 Å². The molecule has 1 fully saturated rings. The van der Waals surface area contributed by atoms with Crippen molar-refractivity contribution in [2.45, 2.75) is 6.42 Å². The Hall–Kier alpha value is -3.13. The first kappa shape index (κ1) is 16.1. The van der Waals surface area contributed by atoms with Crippen LogP contribution in [0, 0.1) is 0 Å². The molecule has 0 saturated carbocycles. The lowest BCUT2D eigenvalue weighted by Gasteiger charge is -2.28. The second kappa shape index (κ2) is 6.88. The minimum Gasteiger partial charge on any atom is -0.378 e. The molecule has 5 rings (SSSR count). The van der Waals surface area contributed by atoms with Gasteiger partial charge in [0.25, 0.3) is 0 Å². The first-order valence-electron chi connectivity index (χ1n) is 9.08. The number of pyridine rings is 1. The highest BCUT2D eigenvalue weighted by Crippen LogP contribution is 2.38. The Bertz CT molecular complexity index is 930. The Balaban J connectivity index is 1.65. The van der Waals surface area contributed by atoms with Crippen LogP contribution in [0.1, 0.15) is 5.56 Å². The molecule has 3 aromatic rings. The minimum atomic E-state index is 0.693. The number of anilines is 3. The van der Waals surface area contributed by atoms with E-state index in [0.29, 0.717) is 13.2 Å². The molecule has 0 spiro atoms. The Morgan fingerprint density at radius 3 is 2.63 bits per heavy atom. The lowest BCUT2D eigenvalue weighted by molar-refractivity contribution is 0.122. The van der Waals surface area contributed by atoms with E-state index in [-0.39, 0.29) is 0 Å². The lowest BCUT2D eigenvalue weighted by Crippen LogP contribution is -2.37. The Kier molecular flexibility index (Phi) is 4.10. The standard InChI is InChI=1S/C19H19N7O/c1-2-15(13-20-5-1)26-7-4-16-17(14-3-6-21-22-12-14)23-19(24-18(16)26)25-8-10-27-11-9-25/h1-3,5-6,12-13H,4,7-11H2. The number of morpholine rings is 1. The maximum atomic E-state index is 5.48. The van der Waals surface area contributed by atoms with Crippen LogP contribution in [0.2, 0.25) is 0 Å². The van der Waals surface area contributed by atoms with Gasteiger partial charge in [-0.15, -0.1) is 0 Å². The quantitative estimate of drug-likeness (QED) is 0.699. The van der Waals surface area contributed by atoms with Crippen LogP contribution in [-0.4, -0.2) is 58.0 Å². The first-order valence-corrected chi connectivity index (χ1v) is 9.08. The topological polar surface area (TPSA) is 80.2 Å². The van der Waals surface area contributed by atoms with Gasteiger partial charge in [-0.2, -0.15) is 15.2 Å². The van der Waals surface area contributed by atoms with E-state index in [4.69, 9.17) is 14.7 Å². The summed E-state index contributed by atoms with van der Waals surface area (Å²) in [7, 11) is 0. The molecule has 27 heavy (non-hydrogen) atoms. The van der Waals surface area contributed by atoms with Crippen molar-refractivity contribution in [3.8, 4) is 11.3 Å². The maximum Gasteiger partial charge on any atom is 0.228 e. The van der Waals surface area contributed by atoms with Gasteiger partial charge in [0.05, 0.1) is 43.2 Å². The van der Waals surface area contributed by atoms with E-state index in [1.54, 1.807) is 18.6 Å². The highest BCUT2D eigenvalue weighted by molar-refractivity contribution is 5.76. The molecule has 2 aliphatic heterocycles. The van der Waals surface area contributed by atoms with Crippen LogP contribution in [0.15, 0.2) is 43.0 Å². The van der Waals surface area contributed by atoms with Crippen LogP contribution in [-0.2, 0) is 11.2 Å². The van der Waals surface area contributed by atoms with Crippen molar-refractivity contribution in [1.29, 1.82) is 0 Å². The molecule has 0 N–H and O–H groups in total. The fourth-order valence-corrected chi connectivity index (χ4v) is 3.58. The van der Waals surface area contributed by atoms with E-state index < -0.39 is 0 Å². The molecule has 0 aliphatic carbocycles. The molecule has 1 saturated heterocycles. The lowest BCUT2D eigenvalue weighted by atomic mass is 10.1. The fourth-order valence-electron chi connectivity index (χ4n) is 3.58. The van der Waals surface area contributed by atoms with Gasteiger partial charge in [-0.25, -0.2) is 4.98 Å². The molecular weight excluding hydrogens is 342 g/mol. The molecule has 5 heterocycles. The number of fused-ring (bicyclic) bond motifs is 1. The van der Waals surface area contributed by atoms with Gasteiger partial charge >= 0.3 is 0 Å². The molecule has 2 aliphatic rings. The molecular formula is C19H19N7O. The predicted molar refractivity (Wildman–Crippen MR) is 101 cm³/mol. The molecule has 8 heteroatoms. The van der Waals surface area contributed by atoms with Gasteiger partial charge in [-0.05, 0) is 24.6 Å². The van der Waals surface area contributed by atoms with Gasteiger partial charge in [0.1, 0.15) is 5.82 Å². The third-order valence-electron chi connectivity index (χ3n) is 4.92. The van der Waals surface area contributed by atoms with Crippen molar-refractivity contribution >= 4 is 17.5 Å². The van der Waals surface area contributed by atoms with Gasteiger partial charge in [0.15, 0.2) is 0 Å². The van der Waals surface area contributed by atoms with Gasteiger partial charge in [0, 0.05) is 37.0 Å². The summed E-state index contributed by atoms with van der Waals surface area (Å²) in [6.45, 7) is 3.82. The molecule has 0 unspecified atom stereocenters. The molecule has 8 nitrogen and oxygen atoms in total. The van der Waals surface area contributed by atoms with Gasteiger partial charge < -0.3 is 14.5 Å². The van der Waals surface area contributed by atoms with Crippen molar-refractivity contribution in [2.24, 2.45) is 0 Å². The third-order valence-corrected chi connectivity index (χ3v) is 4.92. The number of hydrogen-bond acceptors (Lipinski definition) is 8. The normalized spacial score (nSPS) is 16.4. The molecule has 0 aromatic carbocycles. The van der Waals surface area contributed by atoms with Crippen LogP contribution in [0.25, 0.3) is 11.3 Å². The molecule has 0 atom stereocenters. The number of nitrogens with zero attached hydrogens (tertiary/aromatic N) is 7. The van der Waals surface area contributed by atoms with Crippen LogP contribution in [0.3, 0.4) is 0 Å². The van der Waals surface area contributed by atoms with Gasteiger partial charge in [-0.3, -0.25) is 4.98 Å². The average Bonchev–Trinajstić information content (AvgIpc) is 3.19. The average molecular weight is 361 g/mol. The summed E-state index contributed by atoms with van der Waals surface area (Å²) in [6.07, 6.45) is 8.00. The maximum absolute atomic E-state index is 5.48. The van der Waals surface area contributed by atoms with Crippen LogP contribution >= 0.6 is 0 Å². The first-order chi connectivity index (χ1) is 13.4. The van der Waals surface area contributed by atoms with Crippen molar-refractivity contribution in [3.05, 3.63) is 48.5 Å². The summed E-state index contributed by atoms with van der Waals surface area (Å²) in [5.41, 5.74) is 4.08. The monoisotopic (exact) mass is 361 g/mol. The molecule has 0 amide bonds. The van der Waals surface area contributed by atoms with Crippen LogP contribution < -0.4 is 9.80 Å². The van der Waals surface area contributed by atoms with Crippen LogP contribution in [0.4, 0.5) is 17.5 Å². The zero-order valence-corrected chi connectivity index (χ0v) is 14.8. The van der Waals surface area contributed by atoms with E-state index in [2.05, 4.69) is 31.0 Å². The smallest absolute Gasteiger partial charge is 0.228 e. The molecule has 0 radical (unpaired) electrons. The summed E-state index contributed by atoms with van der Waals surface area (Å²) in [5, 5.41) is 7.94. The minimum absolute atomic E-state index is 0.693. The highest BCUT2D eigenvalue weighted by atomic mass is 16.5. The van der Waals surface area contributed by atoms with E-state index in [0.717, 1.165) is 60.3 Å². The second-order valence-electron chi connectivity index (χ2n) is 6.52. The Labute approximate surface area is 156 Å². The van der Waals surface area contributed by atoms with Gasteiger partial charge in [0.2, 0.25) is 5.95 Å². The zero-order chi connectivity index (χ0) is 18.1. The van der Waals surface area contributed by atoms with Crippen molar-refractivity contribution in [3.63, 3.8) is 0 Å². The second-order valence-corrected chi connectivity index (χ2v) is 6.52. The predicted octanol–water partition coefficient (Wildman–Crippen LogP) is 1.86. The largest absolute Gasteiger partial charge is 0.378 e. The summed E-state index contributed by atoms with van der Waals surface area (Å²) in [6, 6.07) is 5.96. The van der Waals surface area contributed by atoms with Crippen LogP contribution in [0.5, 0.6) is 0 Å². The van der Waals surface area contributed by atoms with Crippen molar-refractivity contribution in [1.82, 2.24) is 25.1 Å². The fraction of sp³-hybridized carbons (Fsp3) is 0.316. The summed E-state index contributed by atoms with van der Waals surface area (Å²) in [4.78, 5) is 18.5. The van der Waals surface area contributed by atoms with Crippen molar-refractivity contribution < 1.29 is 4.74 Å². The van der Waals surface area contributed by atoms with E-state index in [1.807, 2.05) is 18.3 Å². The van der Waals surface area contributed by atoms with Gasteiger partial charge in [-0.1, -0.05) is 0 Å². The number of hydrogen-bond donors (Lipinski definition) is 0. The van der Waals surface area contributed by atoms with E-state index in [1.165, 1.54) is 0 Å².